The molecule has 44 heavy (non-hydrogen) atoms. The Kier molecular flexibility index (Phi) is 5.06. The van der Waals surface area contributed by atoms with Crippen molar-refractivity contribution in [3.05, 3.63) is 133 Å². The van der Waals surface area contributed by atoms with E-state index >= 15 is 0 Å². The van der Waals surface area contributed by atoms with E-state index in [4.69, 9.17) is 0 Å². The van der Waals surface area contributed by atoms with Gasteiger partial charge in [-0.15, -0.1) is 22.7 Å². The van der Waals surface area contributed by atoms with Gasteiger partial charge in [-0.1, -0.05) is 84.9 Å². The number of fused-ring (bicyclic) bond motifs is 10. The van der Waals surface area contributed by atoms with Gasteiger partial charge in [0.2, 0.25) is 0 Å². The fourth-order valence-electron chi connectivity index (χ4n) is 6.91. The van der Waals surface area contributed by atoms with Crippen molar-refractivity contribution in [2.45, 2.75) is 0 Å². The van der Waals surface area contributed by atoms with E-state index in [1.165, 1.54) is 96.5 Å². The molecular formula is C40H24N2S2. The fourth-order valence-corrected chi connectivity index (χ4v) is 8.74. The maximum atomic E-state index is 3.80. The van der Waals surface area contributed by atoms with E-state index in [0.29, 0.717) is 0 Å². The lowest BCUT2D eigenvalue weighted by molar-refractivity contribution is 1.56. The number of rotatable bonds is 3. The Morgan fingerprint density at radius 2 is 1.00 bits per heavy atom. The number of thiophene rings is 2. The first kappa shape index (κ1) is 24.3. The van der Waals surface area contributed by atoms with Gasteiger partial charge in [-0.05, 0) is 75.3 Å². The third-order valence-electron chi connectivity index (χ3n) is 9.06. The van der Waals surface area contributed by atoms with Crippen molar-refractivity contribution in [3.8, 4) is 31.3 Å². The number of hydrogen-bond donors (Lipinski definition) is 2. The summed E-state index contributed by atoms with van der Waals surface area (Å²) >= 11 is 3.66. The highest BCUT2D eigenvalue weighted by Crippen LogP contribution is 2.40. The minimum Gasteiger partial charge on any atom is -0.354 e. The molecule has 6 aromatic carbocycles. The Hall–Kier alpha value is -5.16. The second-order valence-corrected chi connectivity index (χ2v) is 13.6. The summed E-state index contributed by atoms with van der Waals surface area (Å²) in [6.45, 7) is 0. The van der Waals surface area contributed by atoms with Gasteiger partial charge in [0.05, 0.1) is 11.0 Å². The normalized spacial score (nSPS) is 12.1. The molecular weight excluding hydrogens is 573 g/mol. The number of aromatic nitrogens is 2. The Labute approximate surface area is 260 Å². The van der Waals surface area contributed by atoms with Gasteiger partial charge in [0.25, 0.3) is 0 Å². The van der Waals surface area contributed by atoms with Gasteiger partial charge in [0.1, 0.15) is 0 Å². The molecule has 0 aliphatic heterocycles. The lowest BCUT2D eigenvalue weighted by atomic mass is 9.99. The summed E-state index contributed by atoms with van der Waals surface area (Å²) in [4.78, 5) is 11.6. The topological polar surface area (TPSA) is 31.6 Å². The van der Waals surface area contributed by atoms with E-state index in [1.54, 1.807) is 11.3 Å². The van der Waals surface area contributed by atoms with Crippen molar-refractivity contribution in [3.63, 3.8) is 0 Å². The largest absolute Gasteiger partial charge is 0.354 e. The van der Waals surface area contributed by atoms with E-state index < -0.39 is 0 Å². The molecule has 0 spiro atoms. The highest BCUT2D eigenvalue weighted by Gasteiger charge is 2.14. The zero-order valence-corrected chi connectivity index (χ0v) is 25.2. The predicted molar refractivity (Wildman–Crippen MR) is 192 cm³/mol. The number of nitrogens with one attached hydrogen (secondary N) is 2. The van der Waals surface area contributed by atoms with Crippen LogP contribution < -0.4 is 0 Å². The third kappa shape index (κ3) is 3.59. The van der Waals surface area contributed by atoms with Crippen molar-refractivity contribution in [1.82, 2.24) is 9.97 Å². The second kappa shape index (κ2) is 9.17. The highest BCUT2D eigenvalue weighted by molar-refractivity contribution is 7.23. The summed E-state index contributed by atoms with van der Waals surface area (Å²) in [5, 5.41) is 12.2. The molecule has 0 saturated heterocycles. The van der Waals surface area contributed by atoms with Crippen molar-refractivity contribution in [2.75, 3.05) is 0 Å². The van der Waals surface area contributed by atoms with Crippen LogP contribution >= 0.6 is 22.7 Å². The molecule has 0 amide bonds. The molecule has 0 bridgehead atoms. The smallest absolute Gasteiger partial charge is 0.0544 e. The van der Waals surface area contributed by atoms with Crippen LogP contribution in [0.4, 0.5) is 0 Å². The molecule has 4 heterocycles. The molecule has 0 aliphatic rings. The monoisotopic (exact) mass is 596 g/mol. The van der Waals surface area contributed by atoms with Crippen LogP contribution in [0.5, 0.6) is 0 Å². The van der Waals surface area contributed by atoms with Gasteiger partial charge in [0.15, 0.2) is 0 Å². The molecule has 2 nitrogen and oxygen atoms in total. The van der Waals surface area contributed by atoms with Gasteiger partial charge in [-0.2, -0.15) is 0 Å². The van der Waals surface area contributed by atoms with Gasteiger partial charge in [-0.25, -0.2) is 0 Å². The van der Waals surface area contributed by atoms with Crippen molar-refractivity contribution in [2.24, 2.45) is 0 Å². The van der Waals surface area contributed by atoms with Crippen LogP contribution in [-0.2, 0) is 0 Å². The lowest BCUT2D eigenvalue weighted by Crippen LogP contribution is -1.80. The molecule has 0 unspecified atom stereocenters. The predicted octanol–water partition coefficient (Wildman–Crippen LogP) is 12.4. The summed E-state index contributed by atoms with van der Waals surface area (Å²) in [7, 11) is 0. The second-order valence-electron chi connectivity index (χ2n) is 11.5. The van der Waals surface area contributed by atoms with Crippen molar-refractivity contribution >= 4 is 87.8 Å². The van der Waals surface area contributed by atoms with Gasteiger partial charge >= 0.3 is 0 Å². The molecule has 0 atom stereocenters. The summed E-state index contributed by atoms with van der Waals surface area (Å²) in [5.74, 6) is 0. The van der Waals surface area contributed by atoms with Crippen LogP contribution in [0, 0.1) is 0 Å². The molecule has 0 aliphatic carbocycles. The van der Waals surface area contributed by atoms with Crippen LogP contribution in [-0.4, -0.2) is 9.97 Å². The van der Waals surface area contributed by atoms with E-state index in [0.717, 1.165) is 0 Å². The number of hydrogen-bond acceptors (Lipinski definition) is 2. The molecule has 4 aromatic heterocycles. The summed E-state index contributed by atoms with van der Waals surface area (Å²) in [6.07, 6.45) is 0. The van der Waals surface area contributed by atoms with Crippen LogP contribution in [0.2, 0.25) is 0 Å². The Morgan fingerprint density at radius 1 is 0.386 bits per heavy atom. The number of benzene rings is 6. The van der Waals surface area contributed by atoms with E-state index in [-0.39, 0.29) is 0 Å². The standard InChI is InChI=1S/C40H24N2S2/c1-2-5-23(6-3-1)24-8-12-28-25(19-24)9-14-30-32-21-35-33(22-34(32)41-39(28)30)31-15-10-26-20-27(11-13-29(26)40(31)42-35)36-16-17-38(44-36)37-7-4-18-43-37/h1-22,41-42H. The zero-order valence-electron chi connectivity index (χ0n) is 23.5. The molecule has 10 rings (SSSR count). The van der Waals surface area contributed by atoms with Gasteiger partial charge < -0.3 is 9.97 Å². The minimum absolute atomic E-state index is 1.17. The van der Waals surface area contributed by atoms with E-state index in [9.17, 15) is 0 Å². The maximum Gasteiger partial charge on any atom is 0.0544 e. The highest BCUT2D eigenvalue weighted by atomic mass is 32.1. The fraction of sp³-hybridized carbons (Fsp3) is 0. The summed E-state index contributed by atoms with van der Waals surface area (Å²) in [6, 6.07) is 46.8. The number of H-pyrrole nitrogens is 2. The minimum atomic E-state index is 1.17. The van der Waals surface area contributed by atoms with Crippen LogP contribution in [0.25, 0.3) is 96.5 Å². The van der Waals surface area contributed by atoms with Crippen molar-refractivity contribution in [1.29, 1.82) is 0 Å². The van der Waals surface area contributed by atoms with E-state index in [1.807, 2.05) is 11.3 Å². The Bertz CT molecular complexity index is 2700. The summed E-state index contributed by atoms with van der Waals surface area (Å²) < 4.78 is 0. The molecule has 10 aromatic rings. The van der Waals surface area contributed by atoms with E-state index in [2.05, 4.69) is 143 Å². The van der Waals surface area contributed by atoms with Gasteiger partial charge in [0, 0.05) is 58.0 Å². The quantitative estimate of drug-likeness (QED) is 0.203. The average Bonchev–Trinajstić information content (AvgIpc) is 3.89. The van der Waals surface area contributed by atoms with Gasteiger partial charge in [-0.3, -0.25) is 0 Å². The molecule has 0 saturated carbocycles. The number of aromatic amines is 2. The zero-order chi connectivity index (χ0) is 28.8. The van der Waals surface area contributed by atoms with Crippen LogP contribution in [0.3, 0.4) is 0 Å². The molecule has 4 heteroatoms. The molecule has 206 valence electrons. The Balaban J connectivity index is 1.09. The SMILES string of the molecule is c1ccc(-c2ccc3c(ccc4c5cc6[nH]c7c8ccc(-c9ccc(-c%10cccs%10)s9)cc8ccc7c6cc5[nH]c34)c2)cc1. The first-order chi connectivity index (χ1) is 21.8. The molecule has 0 fully saturated rings. The van der Waals surface area contributed by atoms with Crippen LogP contribution in [0.1, 0.15) is 0 Å². The third-order valence-corrected chi connectivity index (χ3v) is 11.3. The van der Waals surface area contributed by atoms with Crippen molar-refractivity contribution < 1.29 is 0 Å². The Morgan fingerprint density at radius 3 is 1.66 bits per heavy atom. The van der Waals surface area contributed by atoms with Crippen LogP contribution in [0.15, 0.2) is 133 Å². The summed E-state index contributed by atoms with van der Waals surface area (Å²) in [5.41, 5.74) is 8.49. The maximum absolute atomic E-state index is 3.80. The first-order valence-corrected chi connectivity index (χ1v) is 16.5. The average molecular weight is 597 g/mol. The lowest BCUT2D eigenvalue weighted by Gasteiger charge is -2.05. The molecule has 0 radical (unpaired) electrons. The first-order valence-electron chi connectivity index (χ1n) is 14.8. The molecule has 2 N–H and O–H groups in total.